The van der Waals surface area contributed by atoms with E-state index in [2.05, 4.69) is 25.6 Å². The van der Waals surface area contributed by atoms with E-state index in [-0.39, 0.29) is 5.91 Å². The monoisotopic (exact) mass is 336 g/mol. The Labute approximate surface area is 138 Å². The van der Waals surface area contributed by atoms with Gasteiger partial charge in [-0.1, -0.05) is 0 Å². The van der Waals surface area contributed by atoms with Gasteiger partial charge in [-0.05, 0) is 25.3 Å². The van der Waals surface area contributed by atoms with Crippen molar-refractivity contribution in [1.82, 2.24) is 14.9 Å². The van der Waals surface area contributed by atoms with Gasteiger partial charge in [0.25, 0.3) is 0 Å². The van der Waals surface area contributed by atoms with Gasteiger partial charge >= 0.3 is 0 Å². The Balaban J connectivity index is 1.53. The van der Waals surface area contributed by atoms with E-state index in [0.29, 0.717) is 11.0 Å². The van der Waals surface area contributed by atoms with E-state index in [0.717, 1.165) is 26.1 Å². The fourth-order valence-electron chi connectivity index (χ4n) is 2.87. The Morgan fingerprint density at radius 1 is 1.50 bits per heavy atom. The topological polar surface area (TPSA) is 58.1 Å². The molecule has 1 fully saturated rings. The summed E-state index contributed by atoms with van der Waals surface area (Å²) in [5.41, 5.74) is 0. The third-order valence-electron chi connectivity index (χ3n) is 3.77. The van der Waals surface area contributed by atoms with Crippen LogP contribution in [-0.4, -0.2) is 33.9 Å². The lowest BCUT2D eigenvalue weighted by Crippen LogP contribution is -2.35. The average Bonchev–Trinajstić information content (AvgIpc) is 3.11. The fourth-order valence-corrected chi connectivity index (χ4v) is 4.51. The molecule has 0 saturated carbocycles. The van der Waals surface area contributed by atoms with Crippen molar-refractivity contribution >= 4 is 33.7 Å². The average molecular weight is 336 g/mol. The molecule has 1 N–H and O–H groups in total. The first-order valence-electron chi connectivity index (χ1n) is 7.52. The van der Waals surface area contributed by atoms with Crippen LogP contribution in [0.5, 0.6) is 0 Å². The molecule has 3 rings (SSSR count). The molecule has 2 aromatic rings. The maximum absolute atomic E-state index is 11.0. The minimum Gasteiger partial charge on any atom is -0.302 e. The smallest absolute Gasteiger partial charge is 0.223 e. The van der Waals surface area contributed by atoms with Crippen molar-refractivity contribution in [2.24, 2.45) is 5.92 Å². The van der Waals surface area contributed by atoms with Crippen LogP contribution in [0.25, 0.3) is 0 Å². The highest BCUT2D eigenvalue weighted by atomic mass is 32.1. The molecule has 0 spiro atoms. The van der Waals surface area contributed by atoms with Gasteiger partial charge in [0.2, 0.25) is 5.91 Å². The van der Waals surface area contributed by atoms with E-state index in [9.17, 15) is 4.79 Å². The van der Waals surface area contributed by atoms with E-state index in [1.54, 1.807) is 22.7 Å². The fraction of sp³-hybridized carbons (Fsp3) is 0.533. The lowest BCUT2D eigenvalue weighted by Gasteiger charge is -2.31. The summed E-state index contributed by atoms with van der Waals surface area (Å²) in [7, 11) is 0. The van der Waals surface area contributed by atoms with Crippen LogP contribution in [-0.2, 0) is 17.8 Å². The highest BCUT2D eigenvalue weighted by Gasteiger charge is 2.21. The van der Waals surface area contributed by atoms with Gasteiger partial charge in [-0.2, -0.15) is 0 Å². The summed E-state index contributed by atoms with van der Waals surface area (Å²) >= 11 is 3.32. The number of amides is 1. The number of aromatic nitrogens is 2. The Kier molecular flexibility index (Phi) is 5.17. The number of nitrogens with one attached hydrogen (secondary N) is 1. The predicted octanol–water partition coefficient (Wildman–Crippen LogP) is 3.01. The second kappa shape index (κ2) is 7.30. The normalized spacial score (nSPS) is 19.2. The first-order valence-corrected chi connectivity index (χ1v) is 9.21. The van der Waals surface area contributed by atoms with Gasteiger partial charge in [0, 0.05) is 49.1 Å². The number of anilines is 1. The van der Waals surface area contributed by atoms with E-state index >= 15 is 0 Å². The molecule has 1 aliphatic rings. The largest absolute Gasteiger partial charge is 0.302 e. The van der Waals surface area contributed by atoms with Crippen LogP contribution < -0.4 is 5.32 Å². The number of hydrogen-bond acceptors (Lipinski definition) is 6. The van der Waals surface area contributed by atoms with Crippen molar-refractivity contribution in [2.45, 2.75) is 32.7 Å². The number of hydrogen-bond donors (Lipinski definition) is 1. The van der Waals surface area contributed by atoms with Gasteiger partial charge in [0.05, 0.1) is 5.01 Å². The van der Waals surface area contributed by atoms with Gasteiger partial charge in [0.15, 0.2) is 5.13 Å². The van der Waals surface area contributed by atoms with Crippen LogP contribution in [0.1, 0.15) is 29.7 Å². The van der Waals surface area contributed by atoms with E-state index in [4.69, 9.17) is 0 Å². The maximum atomic E-state index is 11.0. The Morgan fingerprint density at radius 3 is 3.18 bits per heavy atom. The van der Waals surface area contributed by atoms with Crippen LogP contribution in [0.3, 0.4) is 0 Å². The number of rotatable bonds is 5. The van der Waals surface area contributed by atoms with Crippen LogP contribution >= 0.6 is 22.7 Å². The van der Waals surface area contributed by atoms with Crippen molar-refractivity contribution in [3.8, 4) is 0 Å². The molecule has 5 nitrogen and oxygen atoms in total. The number of likely N-dealkylation sites (tertiary alicyclic amines) is 1. The SMILES string of the molecule is CC(=O)Nc1ncc(CN2CCC[C@@H](Cc3nccs3)C2)s1. The molecular formula is C15H20N4OS2. The highest BCUT2D eigenvalue weighted by Crippen LogP contribution is 2.25. The third kappa shape index (κ3) is 4.34. The molecule has 1 atom stereocenters. The summed E-state index contributed by atoms with van der Waals surface area (Å²) < 4.78 is 0. The summed E-state index contributed by atoms with van der Waals surface area (Å²) in [5, 5.41) is 6.74. The zero-order chi connectivity index (χ0) is 15.4. The highest BCUT2D eigenvalue weighted by molar-refractivity contribution is 7.15. The van der Waals surface area contributed by atoms with Crippen molar-refractivity contribution in [1.29, 1.82) is 0 Å². The van der Waals surface area contributed by atoms with Crippen molar-refractivity contribution in [2.75, 3.05) is 18.4 Å². The first-order chi connectivity index (χ1) is 10.7. The minimum absolute atomic E-state index is 0.0672. The molecule has 0 unspecified atom stereocenters. The number of piperidine rings is 1. The van der Waals surface area contributed by atoms with E-state index in [1.807, 2.05) is 12.4 Å². The molecule has 22 heavy (non-hydrogen) atoms. The van der Waals surface area contributed by atoms with Crippen LogP contribution in [0.4, 0.5) is 5.13 Å². The standard InChI is InChI=1S/C15H20N4OS2/c1-11(20)18-15-17-8-13(22-15)10-19-5-2-3-12(9-19)7-14-16-4-6-21-14/h4,6,8,12H,2-3,5,7,9-10H2,1H3,(H,17,18,20)/t12-/m0/s1. The molecule has 1 aliphatic heterocycles. The van der Waals surface area contributed by atoms with Crippen molar-refractivity contribution in [3.63, 3.8) is 0 Å². The Hall–Kier alpha value is -1.31. The molecule has 2 aromatic heterocycles. The number of nitrogens with zero attached hydrogens (tertiary/aromatic N) is 3. The van der Waals surface area contributed by atoms with Gasteiger partial charge < -0.3 is 5.32 Å². The molecular weight excluding hydrogens is 316 g/mol. The summed E-state index contributed by atoms with van der Waals surface area (Å²) in [4.78, 5) is 23.4. The van der Waals surface area contributed by atoms with Gasteiger partial charge in [-0.15, -0.1) is 22.7 Å². The Morgan fingerprint density at radius 2 is 2.41 bits per heavy atom. The number of carbonyl (C=O) groups excluding carboxylic acids is 1. The summed E-state index contributed by atoms with van der Waals surface area (Å²) in [5.74, 6) is 0.630. The Bertz CT molecular complexity index is 611. The van der Waals surface area contributed by atoms with Gasteiger partial charge in [-0.25, -0.2) is 9.97 Å². The first kappa shape index (κ1) is 15.6. The molecule has 1 saturated heterocycles. The van der Waals surface area contributed by atoms with Crippen molar-refractivity contribution in [3.05, 3.63) is 27.7 Å². The van der Waals surface area contributed by atoms with Gasteiger partial charge in [0.1, 0.15) is 0 Å². The second-order valence-corrected chi connectivity index (χ2v) is 7.78. The molecule has 7 heteroatoms. The molecule has 118 valence electrons. The zero-order valence-corrected chi connectivity index (χ0v) is 14.3. The summed E-state index contributed by atoms with van der Waals surface area (Å²) in [6, 6.07) is 0. The molecule has 1 amide bonds. The third-order valence-corrected chi connectivity index (χ3v) is 5.47. The summed E-state index contributed by atoms with van der Waals surface area (Å²) in [6.07, 6.45) is 7.39. The number of carbonyl (C=O) groups is 1. The lowest BCUT2D eigenvalue weighted by molar-refractivity contribution is -0.114. The molecule has 0 bridgehead atoms. The van der Waals surface area contributed by atoms with Crippen LogP contribution in [0.2, 0.25) is 0 Å². The van der Waals surface area contributed by atoms with Crippen molar-refractivity contribution < 1.29 is 4.79 Å². The van der Waals surface area contributed by atoms with Crippen LogP contribution in [0.15, 0.2) is 17.8 Å². The summed E-state index contributed by atoms with van der Waals surface area (Å²) in [6.45, 7) is 4.69. The second-order valence-electron chi connectivity index (χ2n) is 5.69. The number of thiazole rings is 2. The van der Waals surface area contributed by atoms with E-state index < -0.39 is 0 Å². The predicted molar refractivity (Wildman–Crippen MR) is 90.2 cm³/mol. The lowest BCUT2D eigenvalue weighted by atomic mass is 9.95. The molecule has 3 heterocycles. The molecule has 0 aromatic carbocycles. The zero-order valence-electron chi connectivity index (χ0n) is 12.6. The molecule has 0 aliphatic carbocycles. The molecule has 0 radical (unpaired) electrons. The maximum Gasteiger partial charge on any atom is 0.223 e. The quantitative estimate of drug-likeness (QED) is 0.912. The van der Waals surface area contributed by atoms with E-state index in [1.165, 1.54) is 29.7 Å². The van der Waals surface area contributed by atoms with Gasteiger partial charge in [-0.3, -0.25) is 9.69 Å². The van der Waals surface area contributed by atoms with Crippen LogP contribution in [0, 0.1) is 5.92 Å². The minimum atomic E-state index is -0.0672.